The molecule has 0 fully saturated rings. The maximum atomic E-state index is 6.90. The van der Waals surface area contributed by atoms with Crippen LogP contribution >= 0.6 is 0 Å². The second-order valence-electron chi connectivity index (χ2n) is 16.7. The first-order chi connectivity index (χ1) is 29.2. The molecule has 11 rings (SSSR count). The van der Waals surface area contributed by atoms with Crippen LogP contribution < -0.4 is 9.80 Å². The third-order valence-corrected chi connectivity index (χ3v) is 12.0. The van der Waals surface area contributed by atoms with Crippen molar-refractivity contribution in [2.75, 3.05) is 9.80 Å². The van der Waals surface area contributed by atoms with Gasteiger partial charge >= 0.3 is 0 Å². The van der Waals surface area contributed by atoms with E-state index in [0.717, 1.165) is 99.5 Å². The number of anilines is 6. The standard InChI is InChI=1S/C56H44N2O2/c1-33-15-19-39(20-16-33)57(41-25-35(3)23-36(4)26-41)49-30-53-55(45-13-9-7-11-43(45)49)47-29-48-52(32-51(47)59-53)60-54-31-50(44-12-8-10-14-46(44)56(48)54)58(40-21-17-34(2)18-22-40)42-27-37(5)24-38(6)28-42/h7-32H,1-6H3. The van der Waals surface area contributed by atoms with Gasteiger partial charge in [-0.25, -0.2) is 0 Å². The first-order valence-corrected chi connectivity index (χ1v) is 20.7. The summed E-state index contributed by atoms with van der Waals surface area (Å²) in [5.41, 5.74) is 17.2. The lowest BCUT2D eigenvalue weighted by molar-refractivity contribution is 0.656. The Balaban J connectivity index is 1.16. The van der Waals surface area contributed by atoms with Crippen molar-refractivity contribution in [1.29, 1.82) is 0 Å². The molecule has 4 heteroatoms. The fourth-order valence-corrected chi connectivity index (χ4v) is 9.51. The number of benzene rings is 9. The Morgan fingerprint density at radius 1 is 0.283 bits per heavy atom. The van der Waals surface area contributed by atoms with Crippen LogP contribution in [-0.2, 0) is 0 Å². The summed E-state index contributed by atoms with van der Waals surface area (Å²) in [7, 11) is 0. The summed E-state index contributed by atoms with van der Waals surface area (Å²) in [6, 6.07) is 57.4. The van der Waals surface area contributed by atoms with E-state index >= 15 is 0 Å². The van der Waals surface area contributed by atoms with E-state index in [2.05, 4.69) is 209 Å². The summed E-state index contributed by atoms with van der Waals surface area (Å²) in [5, 5.41) is 8.95. The highest BCUT2D eigenvalue weighted by molar-refractivity contribution is 6.28. The highest BCUT2D eigenvalue weighted by atomic mass is 16.3. The van der Waals surface area contributed by atoms with Gasteiger partial charge in [0.25, 0.3) is 0 Å². The molecule has 0 aliphatic heterocycles. The van der Waals surface area contributed by atoms with Crippen LogP contribution in [0, 0.1) is 41.5 Å². The minimum Gasteiger partial charge on any atom is -0.456 e. The molecule has 2 heterocycles. The Morgan fingerprint density at radius 2 is 0.650 bits per heavy atom. The largest absolute Gasteiger partial charge is 0.456 e. The van der Waals surface area contributed by atoms with Gasteiger partial charge in [-0.2, -0.15) is 0 Å². The zero-order valence-corrected chi connectivity index (χ0v) is 34.7. The van der Waals surface area contributed by atoms with E-state index in [9.17, 15) is 0 Å². The van der Waals surface area contributed by atoms with Crippen molar-refractivity contribution in [1.82, 2.24) is 0 Å². The van der Waals surface area contributed by atoms with Crippen molar-refractivity contribution in [2.24, 2.45) is 0 Å². The molecule has 0 unspecified atom stereocenters. The molecule has 290 valence electrons. The van der Waals surface area contributed by atoms with Crippen molar-refractivity contribution < 1.29 is 8.83 Å². The van der Waals surface area contributed by atoms with E-state index in [1.165, 1.54) is 33.4 Å². The molecular weight excluding hydrogens is 733 g/mol. The molecule has 0 saturated heterocycles. The van der Waals surface area contributed by atoms with Gasteiger partial charge in [0.15, 0.2) is 0 Å². The molecular formula is C56H44N2O2. The molecule has 0 amide bonds. The van der Waals surface area contributed by atoms with Crippen LogP contribution in [-0.4, -0.2) is 0 Å². The molecule has 0 radical (unpaired) electrons. The molecule has 9 aromatic carbocycles. The molecule has 0 saturated carbocycles. The molecule has 2 aromatic heterocycles. The highest BCUT2D eigenvalue weighted by Gasteiger charge is 2.24. The third kappa shape index (κ3) is 5.82. The average molecular weight is 777 g/mol. The normalized spacial score (nSPS) is 11.8. The SMILES string of the molecule is Cc1ccc(N(c2cc(C)cc(C)c2)c2cc3oc4cc5oc6cc(N(c7ccc(C)cc7)c7cc(C)cc(C)c7)c7ccccc7c6c5cc4c3c3ccccc23)cc1. The summed E-state index contributed by atoms with van der Waals surface area (Å²) < 4.78 is 13.8. The molecule has 60 heavy (non-hydrogen) atoms. The van der Waals surface area contributed by atoms with Gasteiger partial charge in [0, 0.05) is 73.3 Å². The van der Waals surface area contributed by atoms with Crippen LogP contribution in [0.5, 0.6) is 0 Å². The predicted molar refractivity (Wildman–Crippen MR) is 254 cm³/mol. The molecule has 0 atom stereocenters. The van der Waals surface area contributed by atoms with Gasteiger partial charge in [-0.15, -0.1) is 0 Å². The number of aryl methyl sites for hydroxylation is 6. The summed E-state index contributed by atoms with van der Waals surface area (Å²) >= 11 is 0. The van der Waals surface area contributed by atoms with E-state index in [-0.39, 0.29) is 0 Å². The van der Waals surface area contributed by atoms with E-state index < -0.39 is 0 Å². The lowest BCUT2D eigenvalue weighted by Gasteiger charge is -2.28. The molecule has 0 aliphatic carbocycles. The quantitative estimate of drug-likeness (QED) is 0.168. The van der Waals surface area contributed by atoms with Crippen LogP contribution in [0.1, 0.15) is 33.4 Å². The zero-order valence-electron chi connectivity index (χ0n) is 34.7. The fourth-order valence-electron chi connectivity index (χ4n) is 9.51. The summed E-state index contributed by atoms with van der Waals surface area (Å²) in [6.07, 6.45) is 0. The first kappa shape index (κ1) is 35.8. The van der Waals surface area contributed by atoms with Crippen molar-refractivity contribution in [3.05, 3.63) is 191 Å². The first-order valence-electron chi connectivity index (χ1n) is 20.7. The number of nitrogens with zero attached hydrogens (tertiary/aromatic N) is 2. The van der Waals surface area contributed by atoms with Crippen LogP contribution in [0.4, 0.5) is 34.1 Å². The van der Waals surface area contributed by atoms with Gasteiger partial charge in [-0.1, -0.05) is 96.1 Å². The molecule has 0 bridgehead atoms. The second kappa shape index (κ2) is 13.6. The summed E-state index contributed by atoms with van der Waals surface area (Å²) in [4.78, 5) is 4.74. The highest BCUT2D eigenvalue weighted by Crippen LogP contribution is 2.49. The summed E-state index contributed by atoms with van der Waals surface area (Å²) in [6.45, 7) is 12.9. The Labute approximate surface area is 349 Å². The number of furan rings is 2. The molecule has 4 nitrogen and oxygen atoms in total. The van der Waals surface area contributed by atoms with Gasteiger partial charge < -0.3 is 18.6 Å². The number of hydrogen-bond donors (Lipinski definition) is 0. The Morgan fingerprint density at radius 3 is 1.03 bits per heavy atom. The van der Waals surface area contributed by atoms with Gasteiger partial charge in [0.1, 0.15) is 22.3 Å². The Kier molecular flexibility index (Phi) is 8.15. The zero-order chi connectivity index (χ0) is 40.8. The van der Waals surface area contributed by atoms with Crippen molar-refractivity contribution in [3.8, 4) is 0 Å². The number of rotatable bonds is 6. The average Bonchev–Trinajstić information content (AvgIpc) is 3.78. The van der Waals surface area contributed by atoms with Crippen molar-refractivity contribution in [3.63, 3.8) is 0 Å². The van der Waals surface area contributed by atoms with Gasteiger partial charge in [-0.3, -0.25) is 0 Å². The van der Waals surface area contributed by atoms with Crippen LogP contribution in [0.25, 0.3) is 65.4 Å². The van der Waals surface area contributed by atoms with Crippen LogP contribution in [0.15, 0.2) is 167 Å². The smallest absolute Gasteiger partial charge is 0.139 e. The minimum atomic E-state index is 0.799. The summed E-state index contributed by atoms with van der Waals surface area (Å²) in [5.74, 6) is 0. The molecule has 0 N–H and O–H groups in total. The maximum absolute atomic E-state index is 6.90. The topological polar surface area (TPSA) is 32.8 Å². The van der Waals surface area contributed by atoms with Crippen molar-refractivity contribution >= 4 is 99.5 Å². The van der Waals surface area contributed by atoms with Gasteiger partial charge in [-0.05, 0) is 129 Å². The fraction of sp³-hybridized carbons (Fsp3) is 0.107. The van der Waals surface area contributed by atoms with Crippen LogP contribution in [0.3, 0.4) is 0 Å². The lowest BCUT2D eigenvalue weighted by atomic mass is 9.98. The number of hydrogen-bond acceptors (Lipinski definition) is 4. The van der Waals surface area contributed by atoms with Gasteiger partial charge in [0.2, 0.25) is 0 Å². The Hall–Kier alpha value is -7.30. The predicted octanol–water partition coefficient (Wildman–Crippen LogP) is 16.6. The van der Waals surface area contributed by atoms with E-state index in [1.54, 1.807) is 0 Å². The van der Waals surface area contributed by atoms with E-state index in [0.29, 0.717) is 0 Å². The molecule has 0 spiro atoms. The molecule has 0 aliphatic rings. The van der Waals surface area contributed by atoms with E-state index in [4.69, 9.17) is 8.83 Å². The maximum Gasteiger partial charge on any atom is 0.139 e. The van der Waals surface area contributed by atoms with Crippen LogP contribution in [0.2, 0.25) is 0 Å². The molecule has 11 aromatic rings. The van der Waals surface area contributed by atoms with Crippen molar-refractivity contribution in [2.45, 2.75) is 41.5 Å². The minimum absolute atomic E-state index is 0.799. The van der Waals surface area contributed by atoms with E-state index in [1.807, 2.05) is 0 Å². The van der Waals surface area contributed by atoms with Gasteiger partial charge in [0.05, 0.1) is 11.4 Å². The lowest BCUT2D eigenvalue weighted by Crippen LogP contribution is -2.11. The second-order valence-corrected chi connectivity index (χ2v) is 16.7. The Bertz CT molecular complexity index is 3230. The third-order valence-electron chi connectivity index (χ3n) is 12.0. The monoisotopic (exact) mass is 776 g/mol. The number of fused-ring (bicyclic) bond motifs is 10.